The second kappa shape index (κ2) is 8.84. The Balaban J connectivity index is 1.72. The topological polar surface area (TPSA) is 63.1 Å². The number of hydrogen-bond donors (Lipinski definition) is 1. The molecule has 1 N–H and O–H groups in total. The molecule has 152 valence electrons. The van der Waals surface area contributed by atoms with Crippen molar-refractivity contribution in [2.24, 2.45) is 0 Å². The van der Waals surface area contributed by atoms with E-state index in [9.17, 15) is 4.79 Å². The van der Waals surface area contributed by atoms with Crippen LogP contribution in [-0.4, -0.2) is 34.8 Å². The zero-order valence-electron chi connectivity index (χ0n) is 16.8. The number of anilines is 1. The van der Waals surface area contributed by atoms with Gasteiger partial charge in [0.2, 0.25) is 5.91 Å². The highest BCUT2D eigenvalue weighted by molar-refractivity contribution is 6.35. The molecule has 6 nitrogen and oxygen atoms in total. The molecule has 0 unspecified atom stereocenters. The summed E-state index contributed by atoms with van der Waals surface area (Å²) >= 11 is 12.3. The minimum atomic E-state index is -0.0684. The summed E-state index contributed by atoms with van der Waals surface area (Å²) in [6.45, 7) is 4.26. The molecule has 0 saturated heterocycles. The zero-order chi connectivity index (χ0) is 21.1. The number of nitrogens with one attached hydrogen (secondary N) is 1. The third-order valence-corrected chi connectivity index (χ3v) is 5.21. The van der Waals surface area contributed by atoms with Crippen LogP contribution in [0.2, 0.25) is 10.0 Å². The van der Waals surface area contributed by atoms with E-state index >= 15 is 0 Å². The van der Waals surface area contributed by atoms with Gasteiger partial charge in [0.15, 0.2) is 0 Å². The highest BCUT2D eigenvalue weighted by Gasteiger charge is 2.17. The van der Waals surface area contributed by atoms with Gasteiger partial charge in [-0.1, -0.05) is 23.2 Å². The van der Waals surface area contributed by atoms with E-state index in [4.69, 9.17) is 23.2 Å². The second-order valence-corrected chi connectivity index (χ2v) is 7.87. The van der Waals surface area contributed by atoms with Crippen LogP contribution in [0.1, 0.15) is 22.5 Å². The van der Waals surface area contributed by atoms with Crippen LogP contribution in [0, 0.1) is 13.8 Å². The van der Waals surface area contributed by atoms with E-state index < -0.39 is 0 Å². The molecule has 0 saturated carbocycles. The van der Waals surface area contributed by atoms with Crippen LogP contribution < -0.4 is 10.2 Å². The van der Waals surface area contributed by atoms with Crippen LogP contribution >= 0.6 is 23.2 Å². The minimum Gasteiger partial charge on any atom is -0.363 e. The standard InChI is InChI=1S/C21H23Cl2N5O/c1-13-17(14(2)28(26-13)19-6-5-16(22)10-18(19)23)11-21(29)25-12-15-7-8-24-20(9-15)27(3)4/h5-10H,11-12H2,1-4H3,(H,25,29). The zero-order valence-corrected chi connectivity index (χ0v) is 18.3. The van der Waals surface area contributed by atoms with Gasteiger partial charge in [-0.2, -0.15) is 5.10 Å². The fourth-order valence-corrected chi connectivity index (χ4v) is 3.55. The molecule has 1 amide bonds. The number of aryl methyl sites for hydroxylation is 1. The van der Waals surface area contributed by atoms with E-state index in [1.54, 1.807) is 23.0 Å². The highest BCUT2D eigenvalue weighted by atomic mass is 35.5. The Kier molecular flexibility index (Phi) is 6.45. The number of halogens is 2. The number of pyridine rings is 1. The van der Waals surface area contributed by atoms with Gasteiger partial charge in [0, 0.05) is 43.1 Å². The van der Waals surface area contributed by atoms with Crippen LogP contribution in [0.15, 0.2) is 36.5 Å². The molecule has 1 aromatic carbocycles. The molecule has 0 spiro atoms. The number of amides is 1. The van der Waals surface area contributed by atoms with Crippen molar-refractivity contribution in [3.05, 3.63) is 69.1 Å². The first-order chi connectivity index (χ1) is 13.8. The normalized spacial score (nSPS) is 10.8. The molecule has 0 atom stereocenters. The molecule has 0 aliphatic heterocycles. The lowest BCUT2D eigenvalue weighted by Gasteiger charge is -2.12. The molecule has 0 aliphatic carbocycles. The van der Waals surface area contributed by atoms with E-state index in [0.29, 0.717) is 16.6 Å². The molecule has 0 bridgehead atoms. The Bertz CT molecular complexity index is 1050. The van der Waals surface area contributed by atoms with Crippen molar-refractivity contribution < 1.29 is 4.79 Å². The third kappa shape index (κ3) is 4.89. The molecule has 0 fully saturated rings. The SMILES string of the molecule is Cc1nn(-c2ccc(Cl)cc2Cl)c(C)c1CC(=O)NCc1ccnc(N(C)C)c1. The Morgan fingerprint density at radius 2 is 1.93 bits per heavy atom. The van der Waals surface area contributed by atoms with Crippen molar-refractivity contribution in [3.8, 4) is 5.69 Å². The maximum absolute atomic E-state index is 12.5. The molecule has 29 heavy (non-hydrogen) atoms. The highest BCUT2D eigenvalue weighted by Crippen LogP contribution is 2.27. The molecular formula is C21H23Cl2N5O. The summed E-state index contributed by atoms with van der Waals surface area (Å²) in [5, 5.41) is 8.61. The van der Waals surface area contributed by atoms with Crippen LogP contribution in [0.3, 0.4) is 0 Å². The van der Waals surface area contributed by atoms with Crippen LogP contribution in [-0.2, 0) is 17.8 Å². The number of benzene rings is 1. The van der Waals surface area contributed by atoms with Gasteiger partial charge in [0.1, 0.15) is 5.82 Å². The summed E-state index contributed by atoms with van der Waals surface area (Å²) in [5.74, 6) is 0.783. The fourth-order valence-electron chi connectivity index (χ4n) is 3.06. The molecule has 3 aromatic rings. The molecule has 0 radical (unpaired) electrons. The van der Waals surface area contributed by atoms with Crippen LogP contribution in [0.5, 0.6) is 0 Å². The Labute approximate surface area is 180 Å². The molecule has 2 heterocycles. The van der Waals surface area contributed by atoms with Crippen molar-refractivity contribution >= 4 is 34.9 Å². The van der Waals surface area contributed by atoms with Gasteiger partial charge in [-0.15, -0.1) is 0 Å². The van der Waals surface area contributed by atoms with Crippen molar-refractivity contribution in [3.63, 3.8) is 0 Å². The van der Waals surface area contributed by atoms with Gasteiger partial charge in [0.05, 0.1) is 22.8 Å². The molecule has 8 heteroatoms. The fraction of sp³-hybridized carbons (Fsp3) is 0.286. The van der Waals surface area contributed by atoms with E-state index in [1.165, 1.54) is 0 Å². The van der Waals surface area contributed by atoms with Crippen LogP contribution in [0.25, 0.3) is 5.69 Å². The Morgan fingerprint density at radius 1 is 1.17 bits per heavy atom. The smallest absolute Gasteiger partial charge is 0.224 e. The van der Waals surface area contributed by atoms with Gasteiger partial charge < -0.3 is 10.2 Å². The number of nitrogens with zero attached hydrogens (tertiary/aromatic N) is 4. The van der Waals surface area contributed by atoms with Crippen molar-refractivity contribution in [1.29, 1.82) is 0 Å². The number of rotatable bonds is 6. The summed E-state index contributed by atoms with van der Waals surface area (Å²) in [4.78, 5) is 18.8. The number of aromatic nitrogens is 3. The molecule has 3 rings (SSSR count). The number of hydrogen-bond acceptors (Lipinski definition) is 4. The lowest BCUT2D eigenvalue weighted by Crippen LogP contribution is -2.25. The van der Waals surface area contributed by atoms with E-state index in [1.807, 2.05) is 51.0 Å². The monoisotopic (exact) mass is 431 g/mol. The minimum absolute atomic E-state index is 0.0684. The first-order valence-electron chi connectivity index (χ1n) is 9.15. The Hall–Kier alpha value is -2.57. The first-order valence-corrected chi connectivity index (χ1v) is 9.91. The number of carbonyl (C=O) groups is 1. The number of carbonyl (C=O) groups excluding carboxylic acids is 1. The predicted octanol–water partition coefficient (Wildman–Crippen LogP) is 4.12. The van der Waals surface area contributed by atoms with Gasteiger partial charge in [-0.3, -0.25) is 4.79 Å². The van der Waals surface area contributed by atoms with Gasteiger partial charge >= 0.3 is 0 Å². The Morgan fingerprint density at radius 3 is 2.62 bits per heavy atom. The molecule has 0 aliphatic rings. The van der Waals surface area contributed by atoms with Gasteiger partial charge in [-0.25, -0.2) is 9.67 Å². The van der Waals surface area contributed by atoms with E-state index in [0.717, 1.165) is 34.0 Å². The third-order valence-electron chi connectivity index (χ3n) is 4.67. The van der Waals surface area contributed by atoms with Crippen molar-refractivity contribution in [1.82, 2.24) is 20.1 Å². The summed E-state index contributed by atoms with van der Waals surface area (Å²) in [6.07, 6.45) is 1.99. The lowest BCUT2D eigenvalue weighted by atomic mass is 10.1. The first kappa shape index (κ1) is 21.1. The van der Waals surface area contributed by atoms with Gasteiger partial charge in [-0.05, 0) is 49.7 Å². The van der Waals surface area contributed by atoms with Crippen LogP contribution in [0.4, 0.5) is 5.82 Å². The van der Waals surface area contributed by atoms with Crippen molar-refractivity contribution in [2.45, 2.75) is 26.8 Å². The molecule has 2 aromatic heterocycles. The summed E-state index contributed by atoms with van der Waals surface area (Å²) in [5.41, 5.74) is 4.28. The predicted molar refractivity (Wildman–Crippen MR) is 117 cm³/mol. The summed E-state index contributed by atoms with van der Waals surface area (Å²) in [7, 11) is 3.86. The largest absolute Gasteiger partial charge is 0.363 e. The average Bonchev–Trinajstić information content (AvgIpc) is 2.94. The maximum Gasteiger partial charge on any atom is 0.224 e. The summed E-state index contributed by atoms with van der Waals surface area (Å²) < 4.78 is 1.75. The van der Waals surface area contributed by atoms with E-state index in [-0.39, 0.29) is 12.3 Å². The quantitative estimate of drug-likeness (QED) is 0.637. The van der Waals surface area contributed by atoms with E-state index in [2.05, 4.69) is 15.4 Å². The van der Waals surface area contributed by atoms with Gasteiger partial charge in [0.25, 0.3) is 0 Å². The lowest BCUT2D eigenvalue weighted by molar-refractivity contribution is -0.120. The summed E-state index contributed by atoms with van der Waals surface area (Å²) in [6, 6.07) is 9.11. The van der Waals surface area contributed by atoms with Crippen molar-refractivity contribution in [2.75, 3.05) is 19.0 Å². The second-order valence-electron chi connectivity index (χ2n) is 7.03. The average molecular weight is 432 g/mol. The maximum atomic E-state index is 12.5. The molecular weight excluding hydrogens is 409 g/mol.